The van der Waals surface area contributed by atoms with Crippen LogP contribution in [0.15, 0.2) is 28.8 Å². The predicted octanol–water partition coefficient (Wildman–Crippen LogP) is 2.94. The number of nitrogens with zero attached hydrogens (tertiary/aromatic N) is 2. The van der Waals surface area contributed by atoms with E-state index in [1.54, 1.807) is 0 Å². The third-order valence-corrected chi connectivity index (χ3v) is 4.93. The minimum Gasteiger partial charge on any atom is -0.361 e. The molecular weight excluding hydrogens is 340 g/mol. The van der Waals surface area contributed by atoms with Gasteiger partial charge in [0.05, 0.1) is 0 Å². The van der Waals surface area contributed by atoms with Crippen LogP contribution in [0, 0.1) is 6.92 Å². The Morgan fingerprint density at radius 1 is 1.48 bits per heavy atom. The molecule has 0 radical (unpaired) electrons. The lowest BCUT2D eigenvalue weighted by molar-refractivity contribution is -0.133. The zero-order chi connectivity index (χ0) is 17.6. The van der Waals surface area contributed by atoms with Crippen molar-refractivity contribution < 1.29 is 9.32 Å². The molecule has 0 fully saturated rings. The van der Waals surface area contributed by atoms with E-state index in [9.17, 15) is 4.79 Å². The standard InChI is InChI=1S/C18H19ClN4O2/c1-10-8-15(22-25-10)18-17-12(5-7-23(18)16(24)4-6-20)13-9-11(19)2-3-14(13)21-17/h2-3,8-9,18,21H,4-7,20H2,1H3. The Bertz CT molecular complexity index is 946. The molecule has 1 unspecified atom stereocenters. The number of amides is 1. The van der Waals surface area contributed by atoms with Crippen molar-refractivity contribution in [3.8, 4) is 0 Å². The van der Waals surface area contributed by atoms with Gasteiger partial charge in [0.2, 0.25) is 5.91 Å². The van der Waals surface area contributed by atoms with Crippen molar-refractivity contribution in [3.63, 3.8) is 0 Å². The van der Waals surface area contributed by atoms with E-state index >= 15 is 0 Å². The number of hydrogen-bond donors (Lipinski definition) is 2. The van der Waals surface area contributed by atoms with E-state index in [1.807, 2.05) is 36.1 Å². The van der Waals surface area contributed by atoms with Crippen molar-refractivity contribution in [1.29, 1.82) is 0 Å². The normalized spacial score (nSPS) is 17.1. The Hall–Kier alpha value is -2.31. The minimum absolute atomic E-state index is 0.0236. The maximum absolute atomic E-state index is 12.6. The third-order valence-electron chi connectivity index (χ3n) is 4.69. The molecule has 0 aliphatic carbocycles. The van der Waals surface area contributed by atoms with E-state index in [0.717, 1.165) is 28.7 Å². The molecule has 1 aliphatic rings. The number of H-pyrrole nitrogens is 1. The first kappa shape index (κ1) is 16.2. The molecule has 1 atom stereocenters. The van der Waals surface area contributed by atoms with Crippen LogP contribution in [0.25, 0.3) is 10.9 Å². The Labute approximate surface area is 149 Å². The SMILES string of the molecule is Cc1cc(C2c3[nH]c4ccc(Cl)cc4c3CCN2C(=O)CCN)no1. The highest BCUT2D eigenvalue weighted by molar-refractivity contribution is 6.31. The van der Waals surface area contributed by atoms with E-state index in [4.69, 9.17) is 21.9 Å². The van der Waals surface area contributed by atoms with Gasteiger partial charge in [0.1, 0.15) is 17.5 Å². The smallest absolute Gasteiger partial charge is 0.224 e. The average molecular weight is 359 g/mol. The Kier molecular flexibility index (Phi) is 4.01. The third kappa shape index (κ3) is 2.71. The highest BCUT2D eigenvalue weighted by atomic mass is 35.5. The molecule has 1 aliphatic heterocycles. The van der Waals surface area contributed by atoms with Crippen molar-refractivity contribution in [3.05, 3.63) is 52.0 Å². The fourth-order valence-electron chi connectivity index (χ4n) is 3.62. The molecule has 3 N–H and O–H groups in total. The monoisotopic (exact) mass is 358 g/mol. The zero-order valence-corrected chi connectivity index (χ0v) is 14.6. The quantitative estimate of drug-likeness (QED) is 0.753. The van der Waals surface area contributed by atoms with Crippen LogP contribution in [0.2, 0.25) is 5.02 Å². The molecule has 3 heterocycles. The topological polar surface area (TPSA) is 88.2 Å². The fraction of sp³-hybridized carbons (Fsp3) is 0.333. The number of fused-ring (bicyclic) bond motifs is 3. The zero-order valence-electron chi connectivity index (χ0n) is 13.9. The highest BCUT2D eigenvalue weighted by Gasteiger charge is 2.36. The first-order valence-electron chi connectivity index (χ1n) is 8.31. The first-order chi connectivity index (χ1) is 12.1. The molecule has 0 bridgehead atoms. The maximum Gasteiger partial charge on any atom is 0.224 e. The average Bonchev–Trinajstić information content (AvgIpc) is 3.17. The first-order valence-corrected chi connectivity index (χ1v) is 8.69. The molecule has 4 rings (SSSR count). The van der Waals surface area contributed by atoms with Crippen molar-refractivity contribution in [2.75, 3.05) is 13.1 Å². The van der Waals surface area contributed by atoms with Crippen LogP contribution in [-0.2, 0) is 11.2 Å². The maximum atomic E-state index is 12.6. The molecule has 0 spiro atoms. The summed E-state index contributed by atoms with van der Waals surface area (Å²) in [6, 6.07) is 7.37. The van der Waals surface area contributed by atoms with Gasteiger partial charge in [0.15, 0.2) is 0 Å². The van der Waals surface area contributed by atoms with Gasteiger partial charge in [-0.1, -0.05) is 16.8 Å². The number of aryl methyl sites for hydroxylation is 1. The summed E-state index contributed by atoms with van der Waals surface area (Å²) in [4.78, 5) is 17.9. The molecule has 1 aromatic carbocycles. The van der Waals surface area contributed by atoms with Crippen LogP contribution in [0.3, 0.4) is 0 Å². The number of aromatic nitrogens is 2. The number of rotatable bonds is 3. The van der Waals surface area contributed by atoms with E-state index in [0.29, 0.717) is 30.3 Å². The summed E-state index contributed by atoms with van der Waals surface area (Å²) in [5.74, 6) is 0.739. The van der Waals surface area contributed by atoms with Crippen LogP contribution in [-0.4, -0.2) is 34.0 Å². The van der Waals surface area contributed by atoms with E-state index in [1.165, 1.54) is 5.56 Å². The fourth-order valence-corrected chi connectivity index (χ4v) is 3.79. The second kappa shape index (κ2) is 6.20. The summed E-state index contributed by atoms with van der Waals surface area (Å²) in [6.07, 6.45) is 1.08. The van der Waals surface area contributed by atoms with E-state index in [2.05, 4.69) is 10.1 Å². The molecule has 0 saturated heterocycles. The predicted molar refractivity (Wildman–Crippen MR) is 95.5 cm³/mol. The van der Waals surface area contributed by atoms with Gasteiger partial charge in [-0.3, -0.25) is 4.79 Å². The number of carbonyl (C=O) groups excluding carboxylic acids is 1. The van der Waals surface area contributed by atoms with Crippen LogP contribution < -0.4 is 5.73 Å². The number of halogens is 1. The number of hydrogen-bond acceptors (Lipinski definition) is 4. The molecule has 25 heavy (non-hydrogen) atoms. The molecule has 2 aromatic heterocycles. The molecule has 130 valence electrons. The lowest BCUT2D eigenvalue weighted by atomic mass is 9.94. The Morgan fingerprint density at radius 3 is 3.04 bits per heavy atom. The molecule has 1 amide bonds. The van der Waals surface area contributed by atoms with Gasteiger partial charge in [0.25, 0.3) is 0 Å². The van der Waals surface area contributed by atoms with Gasteiger partial charge in [0, 0.05) is 47.2 Å². The highest BCUT2D eigenvalue weighted by Crippen LogP contribution is 2.39. The molecule has 7 heteroatoms. The van der Waals surface area contributed by atoms with Gasteiger partial charge in [-0.2, -0.15) is 0 Å². The summed E-state index contributed by atoms with van der Waals surface area (Å²) in [7, 11) is 0. The number of aromatic amines is 1. The molecule has 6 nitrogen and oxygen atoms in total. The van der Waals surface area contributed by atoms with Gasteiger partial charge in [-0.15, -0.1) is 0 Å². The summed E-state index contributed by atoms with van der Waals surface area (Å²) in [5, 5.41) is 5.97. The summed E-state index contributed by atoms with van der Waals surface area (Å²) in [6.45, 7) is 2.79. The lowest BCUT2D eigenvalue weighted by Gasteiger charge is -2.34. The number of benzene rings is 1. The van der Waals surface area contributed by atoms with Gasteiger partial charge in [-0.05, 0) is 37.1 Å². The lowest BCUT2D eigenvalue weighted by Crippen LogP contribution is -2.41. The van der Waals surface area contributed by atoms with Gasteiger partial charge >= 0.3 is 0 Å². The number of nitrogens with two attached hydrogens (primary N) is 1. The van der Waals surface area contributed by atoms with Crippen LogP contribution >= 0.6 is 11.6 Å². The van der Waals surface area contributed by atoms with E-state index < -0.39 is 0 Å². The summed E-state index contributed by atoms with van der Waals surface area (Å²) >= 11 is 6.18. The Morgan fingerprint density at radius 2 is 2.32 bits per heavy atom. The molecular formula is C18H19ClN4O2. The van der Waals surface area contributed by atoms with E-state index in [-0.39, 0.29) is 11.9 Å². The van der Waals surface area contributed by atoms with Crippen molar-refractivity contribution in [2.24, 2.45) is 5.73 Å². The van der Waals surface area contributed by atoms with Crippen molar-refractivity contribution in [1.82, 2.24) is 15.0 Å². The van der Waals surface area contributed by atoms with Crippen LogP contribution in [0.5, 0.6) is 0 Å². The number of nitrogens with one attached hydrogen (secondary N) is 1. The van der Waals surface area contributed by atoms with Crippen LogP contribution in [0.4, 0.5) is 0 Å². The van der Waals surface area contributed by atoms with Gasteiger partial charge < -0.3 is 20.1 Å². The largest absolute Gasteiger partial charge is 0.361 e. The van der Waals surface area contributed by atoms with Crippen molar-refractivity contribution >= 4 is 28.4 Å². The Balaban J connectivity index is 1.88. The second-order valence-corrected chi connectivity index (χ2v) is 6.78. The van der Waals surface area contributed by atoms with Crippen molar-refractivity contribution in [2.45, 2.75) is 25.8 Å². The van der Waals surface area contributed by atoms with Crippen LogP contribution in [0.1, 0.15) is 35.2 Å². The summed E-state index contributed by atoms with van der Waals surface area (Å²) < 4.78 is 5.27. The van der Waals surface area contributed by atoms with Gasteiger partial charge in [-0.25, -0.2) is 0 Å². The minimum atomic E-state index is -0.300. The molecule has 3 aromatic rings. The number of carbonyl (C=O) groups is 1. The summed E-state index contributed by atoms with van der Waals surface area (Å²) in [5.41, 5.74) is 9.48. The second-order valence-electron chi connectivity index (χ2n) is 6.35. The molecule has 0 saturated carbocycles.